The molecule has 1 unspecified atom stereocenters. The van der Waals surface area contributed by atoms with E-state index in [1.807, 2.05) is 43.3 Å². The topological polar surface area (TPSA) is 73.6 Å². The van der Waals surface area contributed by atoms with Gasteiger partial charge in [0.1, 0.15) is 24.7 Å². The van der Waals surface area contributed by atoms with E-state index in [4.69, 9.17) is 13.9 Å². The average Bonchev–Trinajstić information content (AvgIpc) is 3.17. The molecule has 0 spiro atoms. The minimum atomic E-state index is -0.262. The Kier molecular flexibility index (Phi) is 6.22. The number of hydrogen-bond acceptors (Lipinski definition) is 5. The fourth-order valence-electron chi connectivity index (χ4n) is 2.57. The first kappa shape index (κ1) is 18.7. The lowest BCUT2D eigenvalue weighted by molar-refractivity contribution is 0.0903. The van der Waals surface area contributed by atoms with Gasteiger partial charge in [-0.3, -0.25) is 9.78 Å². The van der Waals surface area contributed by atoms with E-state index in [0.29, 0.717) is 19.0 Å². The third kappa shape index (κ3) is 5.18. The standard InChI is InChI=1S/C21H22N2O4/c1-15(23-21(24)20-10-9-19(27-20)14-25-2)17-5-7-18(8-6-17)26-13-16-4-3-11-22-12-16/h3-12,15H,13-14H2,1-2H3,(H,23,24). The van der Waals surface area contributed by atoms with Crippen molar-refractivity contribution in [1.82, 2.24) is 10.3 Å². The average molecular weight is 366 g/mol. The van der Waals surface area contributed by atoms with Crippen LogP contribution in [0.15, 0.2) is 65.3 Å². The second-order valence-corrected chi connectivity index (χ2v) is 6.11. The molecule has 27 heavy (non-hydrogen) atoms. The zero-order valence-corrected chi connectivity index (χ0v) is 15.3. The van der Waals surface area contributed by atoms with Gasteiger partial charge in [-0.2, -0.15) is 0 Å². The predicted octanol–water partition coefficient (Wildman–Crippen LogP) is 3.89. The number of aromatic nitrogens is 1. The van der Waals surface area contributed by atoms with Crippen LogP contribution >= 0.6 is 0 Å². The Morgan fingerprint density at radius 2 is 1.96 bits per heavy atom. The van der Waals surface area contributed by atoms with Gasteiger partial charge in [-0.25, -0.2) is 0 Å². The number of carbonyl (C=O) groups excluding carboxylic acids is 1. The van der Waals surface area contributed by atoms with Crippen molar-refractivity contribution in [3.8, 4) is 5.75 Å². The molecule has 2 heterocycles. The molecule has 3 aromatic rings. The lowest BCUT2D eigenvalue weighted by Crippen LogP contribution is -2.26. The van der Waals surface area contributed by atoms with Gasteiger partial charge in [-0.15, -0.1) is 0 Å². The van der Waals surface area contributed by atoms with Crippen molar-refractivity contribution in [2.75, 3.05) is 7.11 Å². The molecule has 140 valence electrons. The number of furan rings is 1. The minimum Gasteiger partial charge on any atom is -0.489 e. The summed E-state index contributed by atoms with van der Waals surface area (Å²) in [5.74, 6) is 1.38. The summed E-state index contributed by atoms with van der Waals surface area (Å²) in [5, 5.41) is 2.92. The first-order valence-corrected chi connectivity index (χ1v) is 8.66. The van der Waals surface area contributed by atoms with Crippen LogP contribution in [0.1, 0.15) is 40.4 Å². The molecule has 0 radical (unpaired) electrons. The van der Waals surface area contributed by atoms with E-state index < -0.39 is 0 Å². The van der Waals surface area contributed by atoms with Gasteiger partial charge in [0.05, 0.1) is 6.04 Å². The van der Waals surface area contributed by atoms with Crippen molar-refractivity contribution in [2.24, 2.45) is 0 Å². The zero-order valence-electron chi connectivity index (χ0n) is 15.3. The van der Waals surface area contributed by atoms with Gasteiger partial charge in [0.15, 0.2) is 5.76 Å². The number of amides is 1. The SMILES string of the molecule is COCc1ccc(C(=O)NC(C)c2ccc(OCc3cccnc3)cc2)o1. The summed E-state index contributed by atoms with van der Waals surface area (Å²) in [7, 11) is 1.58. The molecular formula is C21H22N2O4. The maximum atomic E-state index is 12.3. The maximum absolute atomic E-state index is 12.3. The fourth-order valence-corrected chi connectivity index (χ4v) is 2.57. The van der Waals surface area contributed by atoms with E-state index in [-0.39, 0.29) is 17.7 Å². The molecule has 6 nitrogen and oxygen atoms in total. The number of hydrogen-bond donors (Lipinski definition) is 1. The van der Waals surface area contributed by atoms with E-state index in [2.05, 4.69) is 10.3 Å². The molecule has 6 heteroatoms. The highest BCUT2D eigenvalue weighted by Crippen LogP contribution is 2.19. The Morgan fingerprint density at radius 3 is 2.67 bits per heavy atom. The number of methoxy groups -OCH3 is 1. The quantitative estimate of drug-likeness (QED) is 0.655. The molecule has 0 aliphatic carbocycles. The Morgan fingerprint density at radius 1 is 1.15 bits per heavy atom. The molecule has 0 bridgehead atoms. The first-order chi connectivity index (χ1) is 13.2. The molecule has 3 rings (SSSR count). The zero-order chi connectivity index (χ0) is 19.1. The van der Waals surface area contributed by atoms with Crippen LogP contribution in [0.5, 0.6) is 5.75 Å². The van der Waals surface area contributed by atoms with E-state index >= 15 is 0 Å². The van der Waals surface area contributed by atoms with Crippen molar-refractivity contribution >= 4 is 5.91 Å². The highest BCUT2D eigenvalue weighted by atomic mass is 16.5. The van der Waals surface area contributed by atoms with Gasteiger partial charge in [-0.1, -0.05) is 18.2 Å². The van der Waals surface area contributed by atoms with Crippen LogP contribution in [-0.4, -0.2) is 18.0 Å². The molecule has 0 fully saturated rings. The minimum absolute atomic E-state index is 0.166. The number of nitrogens with zero attached hydrogens (tertiary/aromatic N) is 1. The molecule has 0 saturated heterocycles. The van der Waals surface area contributed by atoms with Crippen molar-refractivity contribution < 1.29 is 18.7 Å². The molecule has 0 aliphatic rings. The summed E-state index contributed by atoms with van der Waals surface area (Å²) in [6, 6.07) is 14.7. The number of ether oxygens (including phenoxy) is 2. The van der Waals surface area contributed by atoms with Crippen LogP contribution in [0.3, 0.4) is 0 Å². The van der Waals surface area contributed by atoms with E-state index in [1.54, 1.807) is 31.6 Å². The molecule has 1 atom stereocenters. The Labute approximate surface area is 158 Å². The molecular weight excluding hydrogens is 344 g/mol. The van der Waals surface area contributed by atoms with Gasteiger partial charge >= 0.3 is 0 Å². The van der Waals surface area contributed by atoms with Crippen LogP contribution in [0, 0.1) is 0 Å². The lowest BCUT2D eigenvalue weighted by Gasteiger charge is -2.14. The largest absolute Gasteiger partial charge is 0.489 e. The van der Waals surface area contributed by atoms with Gasteiger partial charge in [0, 0.05) is 25.1 Å². The first-order valence-electron chi connectivity index (χ1n) is 8.66. The number of nitrogens with one attached hydrogen (secondary N) is 1. The summed E-state index contributed by atoms with van der Waals surface area (Å²) in [5.41, 5.74) is 1.98. The number of benzene rings is 1. The van der Waals surface area contributed by atoms with Gasteiger partial charge in [-0.05, 0) is 42.8 Å². The summed E-state index contributed by atoms with van der Waals surface area (Å²) >= 11 is 0. The Hall–Kier alpha value is -3.12. The summed E-state index contributed by atoms with van der Waals surface area (Å²) < 4.78 is 16.2. The summed E-state index contributed by atoms with van der Waals surface area (Å²) in [6.07, 6.45) is 3.51. The Bertz CT molecular complexity index is 859. The number of carbonyl (C=O) groups is 1. The lowest BCUT2D eigenvalue weighted by atomic mass is 10.1. The predicted molar refractivity (Wildman–Crippen MR) is 100 cm³/mol. The van der Waals surface area contributed by atoms with Crippen LogP contribution in [0.2, 0.25) is 0 Å². The van der Waals surface area contributed by atoms with Gasteiger partial charge in [0.2, 0.25) is 0 Å². The summed E-state index contributed by atoms with van der Waals surface area (Å²) in [4.78, 5) is 16.4. The Balaban J connectivity index is 1.54. The fraction of sp³-hybridized carbons (Fsp3) is 0.238. The van der Waals surface area contributed by atoms with Crippen molar-refractivity contribution in [1.29, 1.82) is 0 Å². The second-order valence-electron chi connectivity index (χ2n) is 6.11. The smallest absolute Gasteiger partial charge is 0.287 e. The van der Waals surface area contributed by atoms with Gasteiger partial charge in [0.25, 0.3) is 5.91 Å². The summed E-state index contributed by atoms with van der Waals surface area (Å²) in [6.45, 7) is 2.72. The monoisotopic (exact) mass is 366 g/mol. The maximum Gasteiger partial charge on any atom is 0.287 e. The molecule has 1 amide bonds. The molecule has 1 N–H and O–H groups in total. The van der Waals surface area contributed by atoms with Crippen LogP contribution in [0.25, 0.3) is 0 Å². The van der Waals surface area contributed by atoms with E-state index in [1.165, 1.54) is 0 Å². The molecule has 0 saturated carbocycles. The number of rotatable bonds is 8. The second kappa shape index (κ2) is 9.00. The normalized spacial score (nSPS) is 11.8. The highest BCUT2D eigenvalue weighted by molar-refractivity contribution is 5.91. The molecule has 1 aromatic carbocycles. The van der Waals surface area contributed by atoms with E-state index in [0.717, 1.165) is 16.9 Å². The van der Waals surface area contributed by atoms with Crippen molar-refractivity contribution in [3.05, 3.63) is 83.6 Å². The van der Waals surface area contributed by atoms with Crippen LogP contribution < -0.4 is 10.1 Å². The third-order valence-corrected chi connectivity index (χ3v) is 4.03. The third-order valence-electron chi connectivity index (χ3n) is 4.03. The van der Waals surface area contributed by atoms with Crippen LogP contribution in [-0.2, 0) is 18.0 Å². The molecule has 2 aromatic heterocycles. The van der Waals surface area contributed by atoms with Crippen LogP contribution in [0.4, 0.5) is 0 Å². The van der Waals surface area contributed by atoms with Gasteiger partial charge < -0.3 is 19.2 Å². The highest BCUT2D eigenvalue weighted by Gasteiger charge is 2.15. The number of pyridine rings is 1. The van der Waals surface area contributed by atoms with Crippen molar-refractivity contribution in [2.45, 2.75) is 26.2 Å². The van der Waals surface area contributed by atoms with Crippen molar-refractivity contribution in [3.63, 3.8) is 0 Å². The van der Waals surface area contributed by atoms with E-state index in [9.17, 15) is 4.79 Å². The molecule has 0 aliphatic heterocycles.